The fourth-order valence-corrected chi connectivity index (χ4v) is 3.24. The lowest BCUT2D eigenvalue weighted by Crippen LogP contribution is -2.17. The van der Waals surface area contributed by atoms with E-state index in [4.69, 9.17) is 4.42 Å². The molecule has 0 saturated heterocycles. The van der Waals surface area contributed by atoms with Crippen LogP contribution >= 0.6 is 0 Å². The number of carbonyl (C=O) groups is 3. The van der Waals surface area contributed by atoms with Gasteiger partial charge in [-0.25, -0.2) is 0 Å². The maximum Gasteiger partial charge on any atom is 0.291 e. The lowest BCUT2D eigenvalue weighted by molar-refractivity contribution is 0.0994. The first-order chi connectivity index (χ1) is 16.0. The summed E-state index contributed by atoms with van der Waals surface area (Å²) in [4.78, 5) is 37.5. The molecule has 3 N–H and O–H groups in total. The van der Waals surface area contributed by atoms with Crippen LogP contribution in [0, 0.1) is 6.92 Å². The molecular formula is C26H21N3O4. The van der Waals surface area contributed by atoms with Crippen LogP contribution in [0.1, 0.15) is 36.8 Å². The van der Waals surface area contributed by atoms with E-state index in [0.29, 0.717) is 33.8 Å². The van der Waals surface area contributed by atoms with Crippen LogP contribution in [-0.4, -0.2) is 17.7 Å². The monoisotopic (exact) mass is 439 g/mol. The van der Waals surface area contributed by atoms with E-state index in [-0.39, 0.29) is 23.5 Å². The van der Waals surface area contributed by atoms with Crippen LogP contribution in [0.3, 0.4) is 0 Å². The Morgan fingerprint density at radius 2 is 1.33 bits per heavy atom. The smallest absolute Gasteiger partial charge is 0.291 e. The largest absolute Gasteiger partial charge is 0.459 e. The summed E-state index contributed by atoms with van der Waals surface area (Å²) in [5.74, 6) is -0.768. The Morgan fingerprint density at radius 1 is 0.636 bits per heavy atom. The Morgan fingerprint density at radius 3 is 2.03 bits per heavy atom. The normalized spacial score (nSPS) is 10.3. The third-order valence-electron chi connectivity index (χ3n) is 5.01. The molecule has 164 valence electrons. The Hall–Kier alpha value is -4.65. The van der Waals surface area contributed by atoms with Gasteiger partial charge in [0.1, 0.15) is 0 Å². The van der Waals surface area contributed by atoms with Gasteiger partial charge in [0.25, 0.3) is 17.7 Å². The van der Waals surface area contributed by atoms with E-state index < -0.39 is 0 Å². The molecule has 3 amide bonds. The summed E-state index contributed by atoms with van der Waals surface area (Å²) in [6.45, 7) is 1.78. The number of carbonyl (C=O) groups excluding carboxylic acids is 3. The molecule has 0 saturated carbocycles. The topological polar surface area (TPSA) is 100 Å². The summed E-state index contributed by atoms with van der Waals surface area (Å²) < 4.78 is 5.06. The summed E-state index contributed by atoms with van der Waals surface area (Å²) in [5.41, 5.74) is 3.29. The summed E-state index contributed by atoms with van der Waals surface area (Å²) in [7, 11) is 0. The van der Waals surface area contributed by atoms with E-state index in [2.05, 4.69) is 16.0 Å². The lowest BCUT2D eigenvalue weighted by atomic mass is 10.1. The van der Waals surface area contributed by atoms with Crippen LogP contribution in [0.2, 0.25) is 0 Å². The van der Waals surface area contributed by atoms with Crippen LogP contribution < -0.4 is 16.0 Å². The minimum atomic E-state index is -0.376. The zero-order valence-electron chi connectivity index (χ0n) is 17.8. The van der Waals surface area contributed by atoms with Gasteiger partial charge in [0.05, 0.1) is 6.26 Å². The molecule has 0 radical (unpaired) electrons. The van der Waals surface area contributed by atoms with Crippen molar-refractivity contribution in [1.29, 1.82) is 0 Å². The van der Waals surface area contributed by atoms with Crippen molar-refractivity contribution in [1.82, 2.24) is 0 Å². The van der Waals surface area contributed by atoms with Gasteiger partial charge in [-0.15, -0.1) is 0 Å². The quantitative estimate of drug-likeness (QED) is 0.377. The first-order valence-electron chi connectivity index (χ1n) is 10.2. The Labute approximate surface area is 190 Å². The molecule has 0 unspecified atom stereocenters. The average Bonchev–Trinajstić information content (AvgIpc) is 3.37. The third kappa shape index (κ3) is 5.16. The standard InChI is InChI=1S/C26H21N3O4/c1-17-21(25(31)27-19-7-3-2-4-8-19)9-5-10-22(17)29-24(30)18-12-14-20(15-13-18)28-26(32)23-11-6-16-33-23/h2-16H,1H3,(H,27,31)(H,28,32)(H,29,30). The van der Waals surface area contributed by atoms with Crippen molar-refractivity contribution in [2.45, 2.75) is 6.92 Å². The molecule has 0 aliphatic carbocycles. The second-order valence-corrected chi connectivity index (χ2v) is 7.26. The molecule has 3 aromatic carbocycles. The van der Waals surface area contributed by atoms with Gasteiger partial charge in [0, 0.05) is 28.2 Å². The molecule has 0 bridgehead atoms. The molecule has 0 aliphatic heterocycles. The van der Waals surface area contributed by atoms with Gasteiger partial charge in [-0.05, 0) is 73.2 Å². The Kier molecular flexibility index (Phi) is 6.31. The molecule has 0 spiro atoms. The van der Waals surface area contributed by atoms with Crippen molar-refractivity contribution in [3.05, 3.63) is 114 Å². The van der Waals surface area contributed by atoms with Crippen LogP contribution in [0.5, 0.6) is 0 Å². The maximum absolute atomic E-state index is 12.7. The van der Waals surface area contributed by atoms with Gasteiger partial charge in [-0.1, -0.05) is 24.3 Å². The molecular weight excluding hydrogens is 418 g/mol. The maximum atomic E-state index is 12.7. The molecule has 7 heteroatoms. The van der Waals surface area contributed by atoms with Crippen molar-refractivity contribution < 1.29 is 18.8 Å². The molecule has 1 heterocycles. The fourth-order valence-electron chi connectivity index (χ4n) is 3.24. The number of rotatable bonds is 6. The van der Waals surface area contributed by atoms with Gasteiger partial charge in [-0.2, -0.15) is 0 Å². The fraction of sp³-hybridized carbons (Fsp3) is 0.0385. The number of amides is 3. The number of benzene rings is 3. The Bertz CT molecular complexity index is 1280. The van der Waals surface area contributed by atoms with E-state index in [0.717, 1.165) is 0 Å². The van der Waals surface area contributed by atoms with Gasteiger partial charge >= 0.3 is 0 Å². The number of furan rings is 1. The number of nitrogens with one attached hydrogen (secondary N) is 3. The van der Waals surface area contributed by atoms with E-state index in [1.54, 1.807) is 73.7 Å². The summed E-state index contributed by atoms with van der Waals surface area (Å²) in [6.07, 6.45) is 1.42. The third-order valence-corrected chi connectivity index (χ3v) is 5.01. The second-order valence-electron chi connectivity index (χ2n) is 7.26. The van der Waals surface area contributed by atoms with Gasteiger partial charge in [0.15, 0.2) is 5.76 Å². The van der Waals surface area contributed by atoms with Crippen molar-refractivity contribution in [3.8, 4) is 0 Å². The highest BCUT2D eigenvalue weighted by atomic mass is 16.3. The molecule has 33 heavy (non-hydrogen) atoms. The van der Waals surface area contributed by atoms with Crippen LogP contribution in [0.25, 0.3) is 0 Å². The number of hydrogen-bond donors (Lipinski definition) is 3. The van der Waals surface area contributed by atoms with E-state index in [1.807, 2.05) is 18.2 Å². The van der Waals surface area contributed by atoms with Crippen molar-refractivity contribution in [2.75, 3.05) is 16.0 Å². The molecule has 0 aliphatic rings. The SMILES string of the molecule is Cc1c(NC(=O)c2ccc(NC(=O)c3ccco3)cc2)cccc1C(=O)Nc1ccccc1. The zero-order chi connectivity index (χ0) is 23.2. The van der Waals surface area contributed by atoms with Crippen LogP contribution in [0.4, 0.5) is 17.1 Å². The summed E-state index contributed by atoms with van der Waals surface area (Å²) in [5, 5.41) is 8.40. The Balaban J connectivity index is 1.43. The van der Waals surface area contributed by atoms with E-state index in [9.17, 15) is 14.4 Å². The predicted octanol–water partition coefficient (Wildman–Crippen LogP) is 5.34. The van der Waals surface area contributed by atoms with Crippen molar-refractivity contribution >= 4 is 34.8 Å². The molecule has 4 rings (SSSR count). The highest BCUT2D eigenvalue weighted by Crippen LogP contribution is 2.22. The lowest BCUT2D eigenvalue weighted by Gasteiger charge is -2.13. The first-order valence-corrected chi connectivity index (χ1v) is 10.2. The van der Waals surface area contributed by atoms with Gasteiger partial charge < -0.3 is 20.4 Å². The molecule has 0 fully saturated rings. The minimum absolute atomic E-state index is 0.198. The van der Waals surface area contributed by atoms with Crippen molar-refractivity contribution in [3.63, 3.8) is 0 Å². The van der Waals surface area contributed by atoms with Crippen LogP contribution in [-0.2, 0) is 0 Å². The molecule has 0 atom stereocenters. The highest BCUT2D eigenvalue weighted by Gasteiger charge is 2.15. The molecule has 7 nitrogen and oxygen atoms in total. The number of hydrogen-bond acceptors (Lipinski definition) is 4. The summed E-state index contributed by atoms with van der Waals surface area (Å²) in [6, 6.07) is 24.0. The average molecular weight is 439 g/mol. The number of anilines is 3. The van der Waals surface area contributed by atoms with Crippen molar-refractivity contribution in [2.24, 2.45) is 0 Å². The zero-order valence-corrected chi connectivity index (χ0v) is 17.8. The molecule has 4 aromatic rings. The molecule has 1 aromatic heterocycles. The minimum Gasteiger partial charge on any atom is -0.459 e. The predicted molar refractivity (Wildman–Crippen MR) is 127 cm³/mol. The second kappa shape index (κ2) is 9.65. The van der Waals surface area contributed by atoms with Gasteiger partial charge in [0.2, 0.25) is 0 Å². The summed E-state index contributed by atoms with van der Waals surface area (Å²) >= 11 is 0. The van der Waals surface area contributed by atoms with E-state index >= 15 is 0 Å². The van der Waals surface area contributed by atoms with Crippen LogP contribution in [0.15, 0.2) is 95.6 Å². The number of para-hydroxylation sites is 1. The van der Waals surface area contributed by atoms with E-state index in [1.165, 1.54) is 6.26 Å². The van der Waals surface area contributed by atoms with Gasteiger partial charge in [-0.3, -0.25) is 14.4 Å². The first kappa shape index (κ1) is 21.6. The highest BCUT2D eigenvalue weighted by molar-refractivity contribution is 6.09.